The van der Waals surface area contributed by atoms with Crippen LogP contribution >= 0.6 is 0 Å². The molecule has 0 atom stereocenters. The van der Waals surface area contributed by atoms with Gasteiger partial charge in [0.1, 0.15) is 0 Å². The minimum Gasteiger partial charge on any atom is -0.341 e. The van der Waals surface area contributed by atoms with E-state index < -0.39 is 0 Å². The number of rotatable bonds is 0. The summed E-state index contributed by atoms with van der Waals surface area (Å²) in [6.45, 7) is 8.57. The van der Waals surface area contributed by atoms with E-state index in [2.05, 4.69) is 31.1 Å². The fourth-order valence-corrected chi connectivity index (χ4v) is 1.81. The van der Waals surface area contributed by atoms with Crippen molar-refractivity contribution in [3.05, 3.63) is 17.8 Å². The molecule has 0 fully saturated rings. The lowest BCUT2D eigenvalue weighted by Crippen LogP contribution is -2.49. The van der Waals surface area contributed by atoms with Crippen LogP contribution in [0, 0.1) is 6.92 Å². The van der Waals surface area contributed by atoms with Crippen LogP contribution in [0.4, 0.5) is 11.5 Å². The smallest absolute Gasteiger partial charge is 0.244 e. The van der Waals surface area contributed by atoms with E-state index >= 15 is 0 Å². The average Bonchev–Trinajstić information content (AvgIpc) is 2.16. The van der Waals surface area contributed by atoms with Gasteiger partial charge in [-0.3, -0.25) is 4.79 Å². The number of nitrogens with zero attached hydrogens (tertiary/aromatic N) is 2. The summed E-state index contributed by atoms with van der Waals surface area (Å²) >= 11 is 0. The van der Waals surface area contributed by atoms with Crippen molar-refractivity contribution in [2.24, 2.45) is 0 Å². The van der Waals surface area contributed by atoms with Crippen LogP contribution in [0.15, 0.2) is 12.1 Å². The molecule has 1 aliphatic heterocycles. The van der Waals surface area contributed by atoms with E-state index in [0.29, 0.717) is 6.54 Å². The van der Waals surface area contributed by atoms with Crippen LogP contribution in [0.3, 0.4) is 0 Å². The molecule has 1 N–H and O–H groups in total. The molecule has 86 valence electrons. The highest BCUT2D eigenvalue weighted by atomic mass is 16.2. The first kappa shape index (κ1) is 10.9. The van der Waals surface area contributed by atoms with Crippen LogP contribution in [0.25, 0.3) is 0 Å². The maximum Gasteiger partial charge on any atom is 0.244 e. The van der Waals surface area contributed by atoms with E-state index in [1.807, 2.05) is 24.0 Å². The first-order chi connectivity index (χ1) is 7.38. The number of aryl methyl sites for hydroxylation is 1. The molecular formula is C12H17N3O. The summed E-state index contributed by atoms with van der Waals surface area (Å²) in [6, 6.07) is 3.82. The van der Waals surface area contributed by atoms with Gasteiger partial charge in [-0.1, -0.05) is 0 Å². The molecule has 0 radical (unpaired) electrons. The molecule has 1 amide bonds. The Morgan fingerprint density at radius 3 is 2.69 bits per heavy atom. The maximum atomic E-state index is 11.6. The van der Waals surface area contributed by atoms with E-state index in [9.17, 15) is 4.79 Å². The number of hydrogen-bond acceptors (Lipinski definition) is 3. The molecule has 0 bridgehead atoms. The maximum absolute atomic E-state index is 11.6. The zero-order chi connectivity index (χ0) is 11.9. The average molecular weight is 219 g/mol. The van der Waals surface area contributed by atoms with Gasteiger partial charge in [0.05, 0.1) is 12.2 Å². The van der Waals surface area contributed by atoms with Gasteiger partial charge in [0.25, 0.3) is 0 Å². The van der Waals surface area contributed by atoms with Gasteiger partial charge in [-0.25, -0.2) is 4.98 Å². The van der Waals surface area contributed by atoms with Crippen LogP contribution in [0.2, 0.25) is 0 Å². The predicted molar refractivity (Wildman–Crippen MR) is 64.7 cm³/mol. The number of amides is 1. The molecule has 0 spiro atoms. The molecule has 4 heteroatoms. The second-order valence-corrected chi connectivity index (χ2v) is 5.13. The van der Waals surface area contributed by atoms with E-state index in [4.69, 9.17) is 0 Å². The first-order valence-corrected chi connectivity index (χ1v) is 5.43. The van der Waals surface area contributed by atoms with Crippen LogP contribution in [-0.2, 0) is 4.79 Å². The molecule has 2 rings (SSSR count). The third kappa shape index (κ3) is 1.87. The summed E-state index contributed by atoms with van der Waals surface area (Å²) in [6.07, 6.45) is 0. The van der Waals surface area contributed by atoms with Crippen LogP contribution in [0.1, 0.15) is 26.5 Å². The fraction of sp³-hybridized carbons (Fsp3) is 0.500. The SMILES string of the molecule is Cc1ccc2c(n1)N(C(C)(C)C)CC(=O)N2. The van der Waals surface area contributed by atoms with E-state index in [1.54, 1.807) is 0 Å². The lowest BCUT2D eigenvalue weighted by atomic mass is 10.0. The summed E-state index contributed by atoms with van der Waals surface area (Å²) in [4.78, 5) is 18.1. The predicted octanol–water partition coefficient (Wildman–Crippen LogP) is 1.95. The molecular weight excluding hydrogens is 202 g/mol. The molecule has 0 aliphatic carbocycles. The van der Waals surface area contributed by atoms with Crippen LogP contribution < -0.4 is 10.2 Å². The fourth-order valence-electron chi connectivity index (χ4n) is 1.81. The molecule has 0 saturated heterocycles. The van der Waals surface area contributed by atoms with Crippen molar-refractivity contribution in [3.63, 3.8) is 0 Å². The monoisotopic (exact) mass is 219 g/mol. The second kappa shape index (κ2) is 3.47. The molecule has 1 aromatic heterocycles. The number of pyridine rings is 1. The summed E-state index contributed by atoms with van der Waals surface area (Å²) in [5.41, 5.74) is 1.66. The first-order valence-electron chi connectivity index (χ1n) is 5.43. The van der Waals surface area contributed by atoms with Gasteiger partial charge in [0, 0.05) is 11.2 Å². The highest BCUT2D eigenvalue weighted by molar-refractivity contribution is 6.00. The van der Waals surface area contributed by atoms with E-state index in [-0.39, 0.29) is 11.4 Å². The van der Waals surface area contributed by atoms with Gasteiger partial charge in [-0.2, -0.15) is 0 Å². The third-order valence-electron chi connectivity index (χ3n) is 2.66. The molecule has 0 unspecified atom stereocenters. The number of nitrogens with one attached hydrogen (secondary N) is 1. The molecule has 0 saturated carbocycles. The highest BCUT2D eigenvalue weighted by Gasteiger charge is 2.31. The second-order valence-electron chi connectivity index (χ2n) is 5.13. The van der Waals surface area contributed by atoms with Crippen molar-refractivity contribution in [1.82, 2.24) is 4.98 Å². The number of fused-ring (bicyclic) bond motifs is 1. The molecule has 4 nitrogen and oxygen atoms in total. The summed E-state index contributed by atoms with van der Waals surface area (Å²) < 4.78 is 0. The zero-order valence-electron chi connectivity index (χ0n) is 10.2. The lowest BCUT2D eigenvalue weighted by molar-refractivity contribution is -0.115. The van der Waals surface area contributed by atoms with Crippen molar-refractivity contribution < 1.29 is 4.79 Å². The van der Waals surface area contributed by atoms with Crippen molar-refractivity contribution in [2.75, 3.05) is 16.8 Å². The van der Waals surface area contributed by atoms with Gasteiger partial charge < -0.3 is 10.2 Å². The van der Waals surface area contributed by atoms with Gasteiger partial charge in [-0.05, 0) is 39.8 Å². The summed E-state index contributed by atoms with van der Waals surface area (Å²) in [5, 5.41) is 2.85. The Bertz CT molecular complexity index is 434. The van der Waals surface area contributed by atoms with Crippen molar-refractivity contribution in [3.8, 4) is 0 Å². The molecule has 0 aromatic carbocycles. The van der Waals surface area contributed by atoms with Crippen molar-refractivity contribution in [2.45, 2.75) is 33.2 Å². The zero-order valence-corrected chi connectivity index (χ0v) is 10.2. The Labute approximate surface area is 95.7 Å². The minimum absolute atomic E-state index is 0.0214. The van der Waals surface area contributed by atoms with Crippen molar-refractivity contribution >= 4 is 17.4 Å². The third-order valence-corrected chi connectivity index (χ3v) is 2.66. The Morgan fingerprint density at radius 2 is 2.06 bits per heavy atom. The molecule has 1 aliphatic rings. The van der Waals surface area contributed by atoms with E-state index in [1.165, 1.54) is 0 Å². The normalized spacial score (nSPS) is 15.8. The number of anilines is 2. The molecule has 1 aromatic rings. The standard InChI is InChI=1S/C12H17N3O/c1-8-5-6-9-11(13-8)15(12(2,3)4)7-10(16)14-9/h5-6H,7H2,1-4H3,(H,14,16). The number of aromatic nitrogens is 1. The quantitative estimate of drug-likeness (QED) is 0.725. The van der Waals surface area contributed by atoms with Crippen molar-refractivity contribution in [1.29, 1.82) is 0 Å². The number of carbonyl (C=O) groups excluding carboxylic acids is 1. The lowest BCUT2D eigenvalue weighted by Gasteiger charge is -2.39. The summed E-state index contributed by atoms with van der Waals surface area (Å²) in [5.74, 6) is 0.889. The Morgan fingerprint density at radius 1 is 1.38 bits per heavy atom. The molecule has 2 heterocycles. The number of carbonyl (C=O) groups is 1. The van der Waals surface area contributed by atoms with Crippen LogP contribution in [0.5, 0.6) is 0 Å². The number of hydrogen-bond donors (Lipinski definition) is 1. The topological polar surface area (TPSA) is 45.2 Å². The minimum atomic E-state index is -0.104. The van der Waals surface area contributed by atoms with E-state index in [0.717, 1.165) is 17.2 Å². The summed E-state index contributed by atoms with van der Waals surface area (Å²) in [7, 11) is 0. The van der Waals surface area contributed by atoms with Crippen LogP contribution in [-0.4, -0.2) is 23.0 Å². The molecule has 16 heavy (non-hydrogen) atoms. The van der Waals surface area contributed by atoms with Gasteiger partial charge in [0.15, 0.2) is 5.82 Å². The van der Waals surface area contributed by atoms with Gasteiger partial charge >= 0.3 is 0 Å². The Kier molecular flexibility index (Phi) is 2.37. The largest absolute Gasteiger partial charge is 0.341 e. The highest BCUT2D eigenvalue weighted by Crippen LogP contribution is 2.32. The van der Waals surface area contributed by atoms with Gasteiger partial charge in [-0.15, -0.1) is 0 Å². The Hall–Kier alpha value is -1.58. The van der Waals surface area contributed by atoms with Gasteiger partial charge in [0.2, 0.25) is 5.91 Å². The Balaban J connectivity index is 2.52.